The molecule has 0 saturated heterocycles. The van der Waals surface area contributed by atoms with Crippen LogP contribution < -0.4 is 4.74 Å². The average molecular weight is 309 g/mol. The summed E-state index contributed by atoms with van der Waals surface area (Å²) < 4.78 is 12.3. The maximum atomic E-state index is 5.62. The van der Waals surface area contributed by atoms with Gasteiger partial charge < -0.3 is 9.15 Å². The predicted octanol–water partition coefficient (Wildman–Crippen LogP) is 3.93. The zero-order chi connectivity index (χ0) is 14.8. The molecule has 4 rings (SSSR count). The molecule has 0 fully saturated rings. The molecule has 0 aliphatic rings. The smallest absolute Gasteiger partial charge is 0.276 e. The van der Waals surface area contributed by atoms with Gasteiger partial charge in [0.15, 0.2) is 11.6 Å². The van der Waals surface area contributed by atoms with E-state index in [0.717, 1.165) is 21.0 Å². The van der Waals surface area contributed by atoms with Crippen molar-refractivity contribution in [1.82, 2.24) is 15.2 Å². The van der Waals surface area contributed by atoms with Gasteiger partial charge in [-0.15, -0.1) is 21.5 Å². The number of hydrogen-bond acceptors (Lipinski definition) is 6. The first-order valence-corrected chi connectivity index (χ1v) is 7.56. The number of benzene rings is 2. The standard InChI is InChI=1S/C16H11N3O2S/c1-2-6-11(7-3-1)20-10-14-18-19-15(21-14)16-17-12-8-4-5-9-13(12)22-16/h1-9H,10H2. The number of thiazole rings is 1. The van der Waals surface area contributed by atoms with E-state index in [1.54, 1.807) is 0 Å². The number of hydrogen-bond donors (Lipinski definition) is 0. The summed E-state index contributed by atoms with van der Waals surface area (Å²) >= 11 is 1.53. The minimum atomic E-state index is 0.238. The predicted molar refractivity (Wildman–Crippen MR) is 83.7 cm³/mol. The fraction of sp³-hybridized carbons (Fsp3) is 0.0625. The van der Waals surface area contributed by atoms with Crippen LogP contribution in [-0.4, -0.2) is 15.2 Å². The lowest BCUT2D eigenvalue weighted by atomic mass is 10.3. The zero-order valence-corrected chi connectivity index (χ0v) is 12.3. The summed E-state index contributed by atoms with van der Waals surface area (Å²) in [4.78, 5) is 4.50. The lowest BCUT2D eigenvalue weighted by molar-refractivity contribution is 0.264. The molecule has 0 unspecified atom stereocenters. The van der Waals surface area contributed by atoms with Crippen LogP contribution in [0.15, 0.2) is 59.0 Å². The van der Waals surface area contributed by atoms with E-state index < -0.39 is 0 Å². The molecule has 22 heavy (non-hydrogen) atoms. The lowest BCUT2D eigenvalue weighted by Crippen LogP contribution is -1.95. The van der Waals surface area contributed by atoms with E-state index in [4.69, 9.17) is 9.15 Å². The van der Waals surface area contributed by atoms with Crippen molar-refractivity contribution < 1.29 is 9.15 Å². The molecule has 2 heterocycles. The van der Waals surface area contributed by atoms with Crippen molar-refractivity contribution in [3.05, 3.63) is 60.5 Å². The Labute approximate surface area is 130 Å². The van der Waals surface area contributed by atoms with Crippen LogP contribution in [0.1, 0.15) is 5.89 Å². The highest BCUT2D eigenvalue weighted by Crippen LogP contribution is 2.29. The van der Waals surface area contributed by atoms with Gasteiger partial charge in [0.1, 0.15) is 5.75 Å². The highest BCUT2D eigenvalue weighted by Gasteiger charge is 2.13. The van der Waals surface area contributed by atoms with Crippen molar-refractivity contribution in [2.24, 2.45) is 0 Å². The molecule has 0 spiro atoms. The monoisotopic (exact) mass is 309 g/mol. The fourth-order valence-electron chi connectivity index (χ4n) is 2.02. The fourth-order valence-corrected chi connectivity index (χ4v) is 2.91. The number of ether oxygens (including phenoxy) is 1. The first kappa shape index (κ1) is 13.0. The molecule has 2 aromatic heterocycles. The Hall–Kier alpha value is -2.73. The topological polar surface area (TPSA) is 61.0 Å². The molecule has 108 valence electrons. The molecule has 0 radical (unpaired) electrons. The number of para-hydroxylation sites is 2. The van der Waals surface area contributed by atoms with E-state index in [1.807, 2.05) is 54.6 Å². The van der Waals surface area contributed by atoms with Crippen LogP contribution in [0.4, 0.5) is 0 Å². The summed E-state index contributed by atoms with van der Waals surface area (Å²) in [5.74, 6) is 1.62. The maximum Gasteiger partial charge on any atom is 0.276 e. The van der Waals surface area contributed by atoms with E-state index in [1.165, 1.54) is 11.3 Å². The number of rotatable bonds is 4. The van der Waals surface area contributed by atoms with E-state index in [0.29, 0.717) is 11.8 Å². The van der Waals surface area contributed by atoms with Crippen LogP contribution in [0.5, 0.6) is 5.75 Å². The average Bonchev–Trinajstić information content (AvgIpc) is 3.20. The summed E-state index contributed by atoms with van der Waals surface area (Å²) in [6, 6.07) is 17.4. The quantitative estimate of drug-likeness (QED) is 0.571. The van der Waals surface area contributed by atoms with E-state index in [9.17, 15) is 0 Å². The second-order valence-electron chi connectivity index (χ2n) is 4.59. The van der Waals surface area contributed by atoms with Crippen LogP contribution in [0.25, 0.3) is 21.1 Å². The molecule has 0 aliphatic carbocycles. The summed E-state index contributed by atoms with van der Waals surface area (Å²) in [6.07, 6.45) is 0. The summed E-state index contributed by atoms with van der Waals surface area (Å²) in [5.41, 5.74) is 0.933. The van der Waals surface area contributed by atoms with Crippen LogP contribution in [-0.2, 0) is 6.61 Å². The first-order chi connectivity index (χ1) is 10.9. The highest BCUT2D eigenvalue weighted by atomic mass is 32.1. The van der Waals surface area contributed by atoms with Gasteiger partial charge in [-0.25, -0.2) is 4.98 Å². The SMILES string of the molecule is c1ccc(OCc2nnc(-c3nc4ccccc4s3)o2)cc1. The molecule has 0 saturated carbocycles. The van der Waals surface area contributed by atoms with Gasteiger partial charge in [0, 0.05) is 0 Å². The third kappa shape index (κ3) is 2.56. The molecular formula is C16H11N3O2S. The first-order valence-electron chi connectivity index (χ1n) is 6.75. The summed E-state index contributed by atoms with van der Waals surface area (Å²) in [5, 5.41) is 8.77. The zero-order valence-electron chi connectivity index (χ0n) is 11.5. The van der Waals surface area contributed by atoms with Crippen molar-refractivity contribution in [2.75, 3.05) is 0 Å². The van der Waals surface area contributed by atoms with E-state index >= 15 is 0 Å². The van der Waals surface area contributed by atoms with Gasteiger partial charge in [0.05, 0.1) is 10.2 Å². The largest absolute Gasteiger partial charge is 0.484 e. The van der Waals surface area contributed by atoms with Gasteiger partial charge in [-0.05, 0) is 24.3 Å². The Morgan fingerprint density at radius 2 is 1.77 bits per heavy atom. The third-order valence-corrected chi connectivity index (χ3v) is 4.07. The van der Waals surface area contributed by atoms with Gasteiger partial charge in [0.25, 0.3) is 11.8 Å². The number of aromatic nitrogens is 3. The van der Waals surface area contributed by atoms with Crippen LogP contribution in [0.2, 0.25) is 0 Å². The van der Waals surface area contributed by atoms with Gasteiger partial charge in [-0.1, -0.05) is 30.3 Å². The number of nitrogens with zero attached hydrogens (tertiary/aromatic N) is 3. The lowest BCUT2D eigenvalue weighted by Gasteiger charge is -2.01. The van der Waals surface area contributed by atoms with Gasteiger partial charge in [0.2, 0.25) is 0 Å². The van der Waals surface area contributed by atoms with Crippen molar-refractivity contribution in [3.63, 3.8) is 0 Å². The molecule has 0 bridgehead atoms. The molecule has 0 atom stereocenters. The van der Waals surface area contributed by atoms with Gasteiger partial charge >= 0.3 is 0 Å². The minimum absolute atomic E-state index is 0.238. The second-order valence-corrected chi connectivity index (χ2v) is 5.62. The maximum absolute atomic E-state index is 5.62. The van der Waals surface area contributed by atoms with Gasteiger partial charge in [-0.3, -0.25) is 0 Å². The summed E-state index contributed by atoms with van der Waals surface area (Å²) in [7, 11) is 0. The minimum Gasteiger partial charge on any atom is -0.484 e. The van der Waals surface area contributed by atoms with Crippen LogP contribution in [0, 0.1) is 0 Å². The molecule has 0 amide bonds. The van der Waals surface area contributed by atoms with E-state index in [2.05, 4.69) is 15.2 Å². The molecule has 4 aromatic rings. The molecule has 5 nitrogen and oxygen atoms in total. The van der Waals surface area contributed by atoms with E-state index in [-0.39, 0.29) is 6.61 Å². The number of fused-ring (bicyclic) bond motifs is 1. The molecule has 0 aliphatic heterocycles. The Morgan fingerprint density at radius 3 is 2.64 bits per heavy atom. The molecular weight excluding hydrogens is 298 g/mol. The van der Waals surface area contributed by atoms with Crippen molar-refractivity contribution >= 4 is 21.6 Å². The Kier molecular flexibility index (Phi) is 3.29. The van der Waals surface area contributed by atoms with Gasteiger partial charge in [-0.2, -0.15) is 0 Å². The normalized spacial score (nSPS) is 10.9. The van der Waals surface area contributed by atoms with Crippen LogP contribution in [0.3, 0.4) is 0 Å². The molecule has 6 heteroatoms. The second kappa shape index (κ2) is 5.57. The Bertz CT molecular complexity index is 869. The third-order valence-electron chi connectivity index (χ3n) is 3.05. The molecule has 2 aromatic carbocycles. The Balaban J connectivity index is 1.53. The van der Waals surface area contributed by atoms with Crippen molar-refractivity contribution in [3.8, 4) is 16.6 Å². The highest BCUT2D eigenvalue weighted by molar-refractivity contribution is 7.21. The van der Waals surface area contributed by atoms with Crippen molar-refractivity contribution in [1.29, 1.82) is 0 Å². The van der Waals surface area contributed by atoms with Crippen LogP contribution >= 0.6 is 11.3 Å². The molecule has 0 N–H and O–H groups in total. The Morgan fingerprint density at radius 1 is 0.955 bits per heavy atom. The van der Waals surface area contributed by atoms with Crippen molar-refractivity contribution in [2.45, 2.75) is 6.61 Å². The summed E-state index contributed by atoms with van der Waals surface area (Å²) in [6.45, 7) is 0.238.